The van der Waals surface area contributed by atoms with Crippen molar-refractivity contribution in [3.63, 3.8) is 0 Å². The van der Waals surface area contributed by atoms with Gasteiger partial charge in [-0.25, -0.2) is 17.6 Å². The second kappa shape index (κ2) is 14.1. The van der Waals surface area contributed by atoms with Gasteiger partial charge in [0.1, 0.15) is 17.3 Å². The fourth-order valence-corrected chi connectivity index (χ4v) is 7.22. The monoisotopic (exact) mass is 693 g/mol. The fourth-order valence-electron chi connectivity index (χ4n) is 4.56. The Morgan fingerprint density at radius 3 is 2.22 bits per heavy atom. The Hall–Kier alpha value is -4.18. The minimum absolute atomic E-state index is 0.0627. The Morgan fingerprint density at radius 1 is 0.913 bits per heavy atom. The number of carbonyl (C=O) groups is 1. The molecule has 0 saturated heterocycles. The molecule has 0 unspecified atom stereocenters. The van der Waals surface area contributed by atoms with Crippen LogP contribution in [0.25, 0.3) is 22.0 Å². The number of carboxylic acids is 1. The van der Waals surface area contributed by atoms with E-state index in [0.717, 1.165) is 11.6 Å². The molecule has 0 aliphatic rings. The lowest BCUT2D eigenvalue weighted by Crippen LogP contribution is -2.30. The molecule has 0 bridgehead atoms. The van der Waals surface area contributed by atoms with E-state index in [1.807, 2.05) is 0 Å². The number of hydrogen-bond acceptors (Lipinski definition) is 10. The van der Waals surface area contributed by atoms with E-state index >= 15 is 0 Å². The van der Waals surface area contributed by atoms with Crippen LogP contribution < -0.4 is 4.74 Å². The molecule has 0 amide bonds. The highest BCUT2D eigenvalue weighted by Gasteiger charge is 2.30. The van der Waals surface area contributed by atoms with Gasteiger partial charge in [0.2, 0.25) is 10.0 Å². The van der Waals surface area contributed by atoms with Gasteiger partial charge < -0.3 is 9.84 Å². The van der Waals surface area contributed by atoms with Crippen LogP contribution in [0.4, 0.5) is 13.4 Å². The van der Waals surface area contributed by atoms with Crippen LogP contribution in [-0.4, -0.2) is 40.0 Å². The van der Waals surface area contributed by atoms with Crippen molar-refractivity contribution in [2.75, 3.05) is 6.61 Å². The summed E-state index contributed by atoms with van der Waals surface area (Å²) in [4.78, 5) is 10.7. The summed E-state index contributed by atoms with van der Waals surface area (Å²) in [6, 6.07) is 19.4. The fraction of sp³-hybridized carbons (Fsp3) is 0.138. The largest absolute Gasteiger partial charge is 0.482 e. The van der Waals surface area contributed by atoms with Gasteiger partial charge in [0.05, 0.1) is 11.1 Å². The van der Waals surface area contributed by atoms with Crippen molar-refractivity contribution >= 4 is 45.9 Å². The van der Waals surface area contributed by atoms with E-state index in [4.69, 9.17) is 9.84 Å². The molecule has 0 aliphatic heterocycles. The van der Waals surface area contributed by atoms with Crippen LogP contribution in [-0.2, 0) is 48.1 Å². The predicted octanol–water partition coefficient (Wildman–Crippen LogP) is 6.85. The summed E-state index contributed by atoms with van der Waals surface area (Å²) >= 11 is 1.20. The van der Waals surface area contributed by atoms with Gasteiger partial charge in [-0.2, -0.15) is 4.31 Å². The summed E-state index contributed by atoms with van der Waals surface area (Å²) in [6.45, 7) is -0.815. The van der Waals surface area contributed by atoms with E-state index in [9.17, 15) is 31.2 Å². The topological polar surface area (TPSA) is 145 Å². The Bertz CT molecular complexity index is 1990. The zero-order chi connectivity index (χ0) is 32.9. The van der Waals surface area contributed by atoms with Crippen molar-refractivity contribution < 1.29 is 50.5 Å². The molecule has 0 fully saturated rings. The smallest absolute Gasteiger partial charge is 0.399 e. The first-order valence-electron chi connectivity index (χ1n) is 13.2. The molecule has 5 aromatic rings. The van der Waals surface area contributed by atoms with Gasteiger partial charge in [-0.05, 0) is 84.9 Å². The average Bonchev–Trinajstić information content (AvgIpc) is 3.60. The summed E-state index contributed by atoms with van der Waals surface area (Å²) in [5.41, 5.74) is 2.25. The molecule has 4 aromatic carbocycles. The Labute approximate surface area is 264 Å². The number of rotatable bonds is 14. The van der Waals surface area contributed by atoms with Crippen molar-refractivity contribution in [1.29, 1.82) is 0 Å². The molecule has 5 rings (SSSR count). The van der Waals surface area contributed by atoms with Crippen molar-refractivity contribution in [3.05, 3.63) is 107 Å². The number of halogens is 3. The zero-order valence-corrected chi connectivity index (χ0v) is 26.0. The van der Waals surface area contributed by atoms with Crippen LogP contribution in [0.1, 0.15) is 16.7 Å². The minimum Gasteiger partial charge on any atom is -0.482 e. The number of aromatic nitrogens is 2. The summed E-state index contributed by atoms with van der Waals surface area (Å²) in [7, 11) is -9.05. The van der Waals surface area contributed by atoms with Gasteiger partial charge in [0.25, 0.3) is 0 Å². The number of fused-ring (bicyclic) bond motifs is 1. The van der Waals surface area contributed by atoms with Gasteiger partial charge in [0, 0.05) is 29.6 Å². The van der Waals surface area contributed by atoms with Gasteiger partial charge in [-0.1, -0.05) is 40.9 Å². The van der Waals surface area contributed by atoms with Gasteiger partial charge >= 0.3 is 13.6 Å². The third-order valence-electron chi connectivity index (χ3n) is 6.80. The average molecular weight is 694 g/mol. The SMILES string of the molecule is O=C(O)COc1ccc(S(=O)(=O)N(Cc2ccc(-c3csnn3)cc2)Cc2ccc3cc(F)c(CP(=O)(OF)OF)cc3c2)cc1. The summed E-state index contributed by atoms with van der Waals surface area (Å²) in [5.74, 6) is -1.92. The first-order valence-corrected chi connectivity index (χ1v) is 17.2. The van der Waals surface area contributed by atoms with Gasteiger partial charge in [-0.3, -0.25) is 4.57 Å². The molecular formula is C29H23F3N3O8PS2. The molecule has 0 saturated carbocycles. The highest BCUT2D eigenvalue weighted by atomic mass is 32.2. The molecule has 0 radical (unpaired) electrons. The number of benzene rings is 4. The van der Waals surface area contributed by atoms with Crippen molar-refractivity contribution in [1.82, 2.24) is 13.9 Å². The van der Waals surface area contributed by atoms with E-state index in [0.29, 0.717) is 27.6 Å². The van der Waals surface area contributed by atoms with E-state index in [1.54, 1.807) is 47.8 Å². The number of nitrogens with zero attached hydrogens (tertiary/aromatic N) is 3. The maximum absolute atomic E-state index is 14.6. The lowest BCUT2D eigenvalue weighted by atomic mass is 10.0. The Balaban J connectivity index is 1.48. The molecule has 1 N–H and O–H groups in total. The number of sulfonamides is 1. The number of aliphatic carboxylic acids is 1. The molecular weight excluding hydrogens is 670 g/mol. The third kappa shape index (κ3) is 7.78. The van der Waals surface area contributed by atoms with Crippen LogP contribution >= 0.6 is 19.1 Å². The van der Waals surface area contributed by atoms with Crippen LogP contribution in [0.5, 0.6) is 5.75 Å². The second-order valence-electron chi connectivity index (χ2n) is 9.95. The van der Waals surface area contributed by atoms with Crippen molar-refractivity contribution in [2.45, 2.75) is 24.1 Å². The molecule has 240 valence electrons. The van der Waals surface area contributed by atoms with Crippen molar-refractivity contribution in [3.8, 4) is 17.0 Å². The first-order chi connectivity index (χ1) is 22.0. The molecule has 11 nitrogen and oxygen atoms in total. The van der Waals surface area contributed by atoms with E-state index in [2.05, 4.69) is 19.0 Å². The highest BCUT2D eigenvalue weighted by molar-refractivity contribution is 7.89. The van der Waals surface area contributed by atoms with Crippen LogP contribution in [0.2, 0.25) is 0 Å². The molecule has 1 aromatic heterocycles. The number of carboxylic acid groups (broad SMARTS) is 1. The van der Waals surface area contributed by atoms with E-state index < -0.39 is 42.2 Å². The number of hydrogen-bond donors (Lipinski definition) is 1. The van der Waals surface area contributed by atoms with E-state index in [-0.39, 0.29) is 29.3 Å². The maximum Gasteiger partial charge on any atom is 0.399 e. The first kappa shape index (κ1) is 33.2. The molecule has 17 heteroatoms. The van der Waals surface area contributed by atoms with E-state index in [1.165, 1.54) is 46.2 Å². The molecule has 0 spiro atoms. The lowest BCUT2D eigenvalue weighted by Gasteiger charge is -2.23. The predicted molar refractivity (Wildman–Crippen MR) is 161 cm³/mol. The molecule has 0 aliphatic carbocycles. The normalized spacial score (nSPS) is 12.1. The lowest BCUT2D eigenvalue weighted by molar-refractivity contribution is -0.139. The summed E-state index contributed by atoms with van der Waals surface area (Å²) in [6.07, 6.45) is -1.02. The Kier molecular flexibility index (Phi) is 10.2. The standard InChI is InChI=1S/C29H23F3N3O8PS2/c30-27-13-22-6-3-20(11-23(22)12-24(27)17-44(38,42-31)43-32)15-35(14-19-1-4-21(5-2-19)28-18-45-34-33-28)46(39,40)26-9-7-25(8-10-26)41-16-29(36)37/h1-13,18H,14-17H2,(H,36,37). The van der Waals surface area contributed by atoms with Crippen LogP contribution in [0.3, 0.4) is 0 Å². The highest BCUT2D eigenvalue weighted by Crippen LogP contribution is 2.52. The quantitative estimate of drug-likeness (QED) is 0.123. The zero-order valence-electron chi connectivity index (χ0n) is 23.5. The van der Waals surface area contributed by atoms with Crippen molar-refractivity contribution in [2.24, 2.45) is 0 Å². The summed E-state index contributed by atoms with van der Waals surface area (Å²) in [5, 5.41) is 15.4. The summed E-state index contributed by atoms with van der Waals surface area (Å²) < 4.78 is 96.2. The third-order valence-corrected chi connectivity index (χ3v) is 10.3. The number of ether oxygens (including phenoxy) is 1. The maximum atomic E-state index is 14.6. The molecule has 46 heavy (non-hydrogen) atoms. The molecule has 0 atom stereocenters. The van der Waals surface area contributed by atoms with Gasteiger partial charge in [-0.15, -0.1) is 14.6 Å². The minimum atomic E-state index is -4.88. The second-order valence-corrected chi connectivity index (χ2v) is 14.3. The van der Waals surface area contributed by atoms with Crippen LogP contribution in [0.15, 0.2) is 89.1 Å². The molecule has 1 heterocycles. The van der Waals surface area contributed by atoms with Crippen LogP contribution in [0, 0.1) is 5.82 Å². The Morgan fingerprint density at radius 2 is 1.59 bits per heavy atom. The van der Waals surface area contributed by atoms with Gasteiger partial charge in [0.15, 0.2) is 6.61 Å².